The third-order valence-corrected chi connectivity index (χ3v) is 6.54. The van der Waals surface area contributed by atoms with Crippen LogP contribution in [0.3, 0.4) is 0 Å². The maximum absolute atomic E-state index is 12.6. The Bertz CT molecular complexity index is 469. The van der Waals surface area contributed by atoms with Gasteiger partial charge in [-0.25, -0.2) is 0 Å². The molecule has 2 aliphatic carbocycles. The molecular formula is C20H31NO3. The van der Waals surface area contributed by atoms with Crippen LogP contribution in [-0.4, -0.2) is 49.3 Å². The van der Waals surface area contributed by atoms with Gasteiger partial charge in [-0.2, -0.15) is 0 Å². The van der Waals surface area contributed by atoms with Crippen LogP contribution in [0.25, 0.3) is 0 Å². The van der Waals surface area contributed by atoms with Gasteiger partial charge in [0.1, 0.15) is 0 Å². The van der Waals surface area contributed by atoms with Crippen molar-refractivity contribution in [2.24, 2.45) is 17.8 Å². The van der Waals surface area contributed by atoms with Gasteiger partial charge in [-0.05, 0) is 63.2 Å². The summed E-state index contributed by atoms with van der Waals surface area (Å²) in [6, 6.07) is 0. The maximum atomic E-state index is 12.6. The van der Waals surface area contributed by atoms with Crippen molar-refractivity contribution in [3.05, 3.63) is 12.2 Å². The van der Waals surface area contributed by atoms with Crippen molar-refractivity contribution in [3.63, 3.8) is 0 Å². The Morgan fingerprint density at radius 3 is 2.62 bits per heavy atom. The summed E-state index contributed by atoms with van der Waals surface area (Å²) in [4.78, 5) is 14.7. The van der Waals surface area contributed by atoms with Gasteiger partial charge in [0.25, 0.3) is 0 Å². The van der Waals surface area contributed by atoms with Crippen LogP contribution in [0, 0.1) is 17.8 Å². The van der Waals surface area contributed by atoms with Crippen molar-refractivity contribution in [3.8, 4) is 0 Å². The Labute approximate surface area is 145 Å². The second-order valence-corrected chi connectivity index (χ2v) is 8.17. The molecule has 4 nitrogen and oxygen atoms in total. The van der Waals surface area contributed by atoms with Crippen LogP contribution in [-0.2, 0) is 14.3 Å². The van der Waals surface area contributed by atoms with E-state index in [1.807, 2.05) is 0 Å². The van der Waals surface area contributed by atoms with Crippen molar-refractivity contribution in [1.29, 1.82) is 0 Å². The van der Waals surface area contributed by atoms with E-state index in [2.05, 4.69) is 17.1 Å². The van der Waals surface area contributed by atoms with Crippen molar-refractivity contribution in [2.45, 2.75) is 57.0 Å². The zero-order valence-corrected chi connectivity index (χ0v) is 14.8. The zero-order chi connectivity index (χ0) is 16.4. The number of hydrogen-bond donors (Lipinski definition) is 0. The predicted molar refractivity (Wildman–Crippen MR) is 92.6 cm³/mol. The minimum absolute atomic E-state index is 0.0215. The highest BCUT2D eigenvalue weighted by molar-refractivity contribution is 5.79. The molecule has 1 amide bonds. The van der Waals surface area contributed by atoms with Crippen molar-refractivity contribution in [1.82, 2.24) is 4.90 Å². The quantitative estimate of drug-likeness (QED) is 0.553. The number of piperidine rings is 1. The van der Waals surface area contributed by atoms with Crippen molar-refractivity contribution < 1.29 is 14.3 Å². The summed E-state index contributed by atoms with van der Waals surface area (Å²) in [6.07, 6.45) is 13.2. The smallest absolute Gasteiger partial charge is 0.226 e. The van der Waals surface area contributed by atoms with Gasteiger partial charge in [0.05, 0.1) is 5.60 Å². The van der Waals surface area contributed by atoms with E-state index in [0.717, 1.165) is 77.4 Å². The Hall–Kier alpha value is -0.870. The van der Waals surface area contributed by atoms with Crippen LogP contribution in [0.4, 0.5) is 0 Å². The molecule has 0 N–H and O–H groups in total. The first kappa shape index (κ1) is 16.6. The summed E-state index contributed by atoms with van der Waals surface area (Å²) in [5, 5.41) is 0. The fraction of sp³-hybridized carbons (Fsp3) is 0.850. The highest BCUT2D eigenvalue weighted by Gasteiger charge is 2.46. The molecule has 0 unspecified atom stereocenters. The second kappa shape index (κ2) is 7.17. The lowest BCUT2D eigenvalue weighted by Crippen LogP contribution is -2.50. The lowest BCUT2D eigenvalue weighted by molar-refractivity contribution is -0.141. The molecule has 2 aliphatic heterocycles. The van der Waals surface area contributed by atoms with E-state index in [1.54, 1.807) is 0 Å². The highest BCUT2D eigenvalue weighted by atomic mass is 16.5. The van der Waals surface area contributed by atoms with Gasteiger partial charge >= 0.3 is 0 Å². The molecule has 134 valence electrons. The van der Waals surface area contributed by atoms with E-state index >= 15 is 0 Å². The monoisotopic (exact) mass is 333 g/mol. The molecule has 24 heavy (non-hydrogen) atoms. The minimum Gasteiger partial charge on any atom is -0.381 e. The van der Waals surface area contributed by atoms with Gasteiger partial charge in [0.15, 0.2) is 0 Å². The molecule has 2 saturated heterocycles. The summed E-state index contributed by atoms with van der Waals surface area (Å²) >= 11 is 0. The number of ether oxygens (including phenoxy) is 2. The maximum Gasteiger partial charge on any atom is 0.226 e. The summed E-state index contributed by atoms with van der Waals surface area (Å²) in [7, 11) is 0. The van der Waals surface area contributed by atoms with E-state index < -0.39 is 0 Å². The second-order valence-electron chi connectivity index (χ2n) is 8.17. The first-order chi connectivity index (χ1) is 11.8. The van der Waals surface area contributed by atoms with Gasteiger partial charge in [-0.3, -0.25) is 4.79 Å². The molecule has 1 atom stereocenters. The topological polar surface area (TPSA) is 38.8 Å². The molecule has 2 heterocycles. The average Bonchev–Trinajstić information content (AvgIpc) is 3.11. The fourth-order valence-electron chi connectivity index (χ4n) is 4.69. The van der Waals surface area contributed by atoms with Crippen LogP contribution in [0.2, 0.25) is 0 Å². The summed E-state index contributed by atoms with van der Waals surface area (Å²) in [5.74, 6) is 2.02. The van der Waals surface area contributed by atoms with Gasteiger partial charge in [0, 0.05) is 38.8 Å². The normalized spacial score (nSPS) is 29.7. The summed E-state index contributed by atoms with van der Waals surface area (Å²) in [5.41, 5.74) is 0.0215. The van der Waals surface area contributed by atoms with Gasteiger partial charge < -0.3 is 14.4 Å². The van der Waals surface area contributed by atoms with Crippen molar-refractivity contribution >= 4 is 5.91 Å². The van der Waals surface area contributed by atoms with Crippen LogP contribution in [0.5, 0.6) is 0 Å². The van der Waals surface area contributed by atoms with E-state index in [0.29, 0.717) is 11.8 Å². The summed E-state index contributed by atoms with van der Waals surface area (Å²) in [6.45, 7) is 4.46. The van der Waals surface area contributed by atoms with E-state index in [4.69, 9.17) is 9.47 Å². The SMILES string of the molecule is O=C(C1CC=CC1)N1CCC2(CC1)OCC[C@H]2CCOCC1CC1. The third-order valence-electron chi connectivity index (χ3n) is 6.54. The van der Waals surface area contributed by atoms with Crippen LogP contribution in [0.15, 0.2) is 12.2 Å². The molecule has 4 rings (SSSR count). The largest absolute Gasteiger partial charge is 0.381 e. The standard InChI is InChI=1S/C20H31NO3/c22-19(17-3-1-2-4-17)21-11-9-20(10-12-21)18(8-14-24-20)7-13-23-15-16-5-6-16/h1-2,16-18H,3-15H2/t18-/m1/s1. The lowest BCUT2D eigenvalue weighted by Gasteiger charge is -2.43. The van der Waals surface area contributed by atoms with Gasteiger partial charge in [-0.1, -0.05) is 12.2 Å². The number of allylic oxidation sites excluding steroid dienone is 2. The fourth-order valence-corrected chi connectivity index (χ4v) is 4.69. The molecule has 1 saturated carbocycles. The van der Waals surface area contributed by atoms with Crippen LogP contribution >= 0.6 is 0 Å². The number of carbonyl (C=O) groups is 1. The molecule has 4 heteroatoms. The number of carbonyl (C=O) groups excluding carboxylic acids is 1. The first-order valence-electron chi connectivity index (χ1n) is 9.92. The number of rotatable bonds is 6. The predicted octanol–water partition coefficient (Wildman–Crippen LogP) is 3.17. The third kappa shape index (κ3) is 3.55. The van der Waals surface area contributed by atoms with Crippen LogP contribution < -0.4 is 0 Å². The Balaban J connectivity index is 1.25. The Morgan fingerprint density at radius 1 is 1.17 bits per heavy atom. The Kier molecular flexibility index (Phi) is 4.95. The van der Waals surface area contributed by atoms with E-state index in [-0.39, 0.29) is 11.5 Å². The molecule has 0 bridgehead atoms. The molecule has 0 aromatic heterocycles. The number of nitrogens with zero attached hydrogens (tertiary/aromatic N) is 1. The molecule has 1 spiro atoms. The number of hydrogen-bond acceptors (Lipinski definition) is 3. The molecular weight excluding hydrogens is 302 g/mol. The number of amides is 1. The molecule has 0 aromatic rings. The van der Waals surface area contributed by atoms with Gasteiger partial charge in [-0.15, -0.1) is 0 Å². The molecule has 4 aliphatic rings. The summed E-state index contributed by atoms with van der Waals surface area (Å²) < 4.78 is 12.1. The number of likely N-dealkylation sites (tertiary alicyclic amines) is 1. The lowest BCUT2D eigenvalue weighted by atomic mass is 9.78. The molecule has 0 radical (unpaired) electrons. The highest BCUT2D eigenvalue weighted by Crippen LogP contribution is 2.43. The zero-order valence-electron chi connectivity index (χ0n) is 14.8. The van der Waals surface area contributed by atoms with E-state index in [1.165, 1.54) is 12.8 Å². The van der Waals surface area contributed by atoms with Crippen molar-refractivity contribution in [2.75, 3.05) is 32.9 Å². The minimum atomic E-state index is 0.0215. The van der Waals surface area contributed by atoms with E-state index in [9.17, 15) is 4.79 Å². The Morgan fingerprint density at radius 2 is 1.92 bits per heavy atom. The molecule has 3 fully saturated rings. The first-order valence-corrected chi connectivity index (χ1v) is 9.92. The molecule has 0 aromatic carbocycles. The van der Waals surface area contributed by atoms with Gasteiger partial charge in [0.2, 0.25) is 5.91 Å². The van der Waals surface area contributed by atoms with Crippen LogP contribution in [0.1, 0.15) is 51.4 Å². The average molecular weight is 333 g/mol.